The lowest BCUT2D eigenvalue weighted by Gasteiger charge is -2.32. The minimum absolute atomic E-state index is 0.263. The molecule has 0 aromatic carbocycles. The summed E-state index contributed by atoms with van der Waals surface area (Å²) in [5.74, 6) is 0. The first-order valence-corrected chi connectivity index (χ1v) is 5.35. The van der Waals surface area contributed by atoms with Crippen LogP contribution in [0.3, 0.4) is 0 Å². The highest BCUT2D eigenvalue weighted by atomic mass is 16.7. The van der Waals surface area contributed by atoms with Crippen molar-refractivity contribution in [2.45, 2.75) is 38.9 Å². The van der Waals surface area contributed by atoms with Crippen molar-refractivity contribution in [2.75, 3.05) is 13.6 Å². The molecule has 2 aliphatic rings. The van der Waals surface area contributed by atoms with Crippen molar-refractivity contribution < 1.29 is 9.31 Å². The summed E-state index contributed by atoms with van der Waals surface area (Å²) in [5.41, 5.74) is 3.70. The lowest BCUT2D eigenvalue weighted by atomic mass is 9.85. The Bertz CT molecular complexity index is 286. The summed E-state index contributed by atoms with van der Waals surface area (Å²) in [7, 11) is 1.73. The maximum Gasteiger partial charge on any atom is 0.513 e. The van der Waals surface area contributed by atoms with Crippen molar-refractivity contribution in [1.29, 1.82) is 0 Å². The van der Waals surface area contributed by atoms with Crippen LogP contribution in [0.4, 0.5) is 0 Å². The molecule has 0 spiro atoms. The zero-order valence-electron chi connectivity index (χ0n) is 10.1. The van der Waals surface area contributed by atoms with Gasteiger partial charge in [0.05, 0.1) is 16.8 Å². The van der Waals surface area contributed by atoms with Crippen molar-refractivity contribution >= 4 is 7.12 Å². The average molecular weight is 210 g/mol. The Balaban J connectivity index is 2.10. The molecule has 5 heteroatoms. The zero-order chi connectivity index (χ0) is 11.3. The second-order valence-electron chi connectivity index (χ2n) is 5.24. The molecular formula is C10H19BN2O2. The number of hydrogen-bond acceptors (Lipinski definition) is 4. The van der Waals surface area contributed by atoms with Crippen molar-refractivity contribution in [3.05, 3.63) is 11.7 Å². The largest absolute Gasteiger partial charge is 0.513 e. The molecule has 0 saturated carbocycles. The van der Waals surface area contributed by atoms with E-state index in [1.165, 1.54) is 0 Å². The molecule has 2 heterocycles. The fourth-order valence-corrected chi connectivity index (χ4v) is 1.67. The summed E-state index contributed by atoms with van der Waals surface area (Å²) < 4.78 is 11.8. The van der Waals surface area contributed by atoms with Crippen LogP contribution < -0.4 is 5.43 Å². The standard InChI is InChI=1S/C10H19BN2O2/c1-9(2)10(3,4)15-11(14-9)8-6-7-13(5)12-8/h6,12H,7H2,1-5H3. The summed E-state index contributed by atoms with van der Waals surface area (Å²) in [5, 5.41) is 2.00. The molecular weight excluding hydrogens is 191 g/mol. The van der Waals surface area contributed by atoms with Crippen molar-refractivity contribution in [1.82, 2.24) is 10.4 Å². The second-order valence-corrected chi connectivity index (χ2v) is 5.24. The summed E-state index contributed by atoms with van der Waals surface area (Å²) in [6, 6.07) is 0. The van der Waals surface area contributed by atoms with Crippen LogP contribution in [0.1, 0.15) is 27.7 Å². The van der Waals surface area contributed by atoms with E-state index in [9.17, 15) is 0 Å². The molecule has 0 bridgehead atoms. The topological polar surface area (TPSA) is 33.7 Å². The number of rotatable bonds is 1. The smallest absolute Gasteiger partial charge is 0.398 e. The summed E-state index contributed by atoms with van der Waals surface area (Å²) in [4.78, 5) is 0. The maximum atomic E-state index is 5.92. The van der Waals surface area contributed by atoms with E-state index in [0.29, 0.717) is 0 Å². The molecule has 0 aromatic rings. The zero-order valence-corrected chi connectivity index (χ0v) is 10.1. The van der Waals surface area contributed by atoms with E-state index in [-0.39, 0.29) is 18.3 Å². The molecule has 84 valence electrons. The maximum absolute atomic E-state index is 5.92. The third-order valence-corrected chi connectivity index (χ3v) is 3.41. The van der Waals surface area contributed by atoms with Crippen LogP contribution >= 0.6 is 0 Å². The van der Waals surface area contributed by atoms with Crippen LogP contribution in [0.5, 0.6) is 0 Å². The number of hydrogen-bond donors (Lipinski definition) is 1. The molecule has 0 unspecified atom stereocenters. The Morgan fingerprint density at radius 2 is 1.80 bits per heavy atom. The Hall–Kier alpha value is -0.515. The van der Waals surface area contributed by atoms with Gasteiger partial charge in [-0.1, -0.05) is 6.08 Å². The van der Waals surface area contributed by atoms with Crippen LogP contribution in [-0.2, 0) is 9.31 Å². The minimum atomic E-state index is -0.264. The van der Waals surface area contributed by atoms with Gasteiger partial charge < -0.3 is 14.7 Å². The van der Waals surface area contributed by atoms with Crippen molar-refractivity contribution in [2.24, 2.45) is 0 Å². The third kappa shape index (κ3) is 1.79. The number of nitrogens with one attached hydrogen (secondary N) is 1. The van der Waals surface area contributed by atoms with Gasteiger partial charge in [-0.15, -0.1) is 0 Å². The van der Waals surface area contributed by atoms with Crippen LogP contribution in [0, 0.1) is 0 Å². The van der Waals surface area contributed by atoms with Gasteiger partial charge in [-0.3, -0.25) is 0 Å². The van der Waals surface area contributed by atoms with Gasteiger partial charge in [0.25, 0.3) is 0 Å². The summed E-state index contributed by atoms with van der Waals surface area (Å²) in [6.45, 7) is 9.14. The average Bonchev–Trinajstić information content (AvgIpc) is 2.56. The number of nitrogens with zero attached hydrogens (tertiary/aromatic N) is 1. The van der Waals surface area contributed by atoms with Gasteiger partial charge in [0, 0.05) is 13.6 Å². The van der Waals surface area contributed by atoms with Gasteiger partial charge in [0.2, 0.25) is 0 Å². The van der Waals surface area contributed by atoms with E-state index in [2.05, 4.69) is 39.2 Å². The van der Waals surface area contributed by atoms with Gasteiger partial charge in [0.1, 0.15) is 0 Å². The second kappa shape index (κ2) is 3.24. The first-order chi connectivity index (χ1) is 6.82. The van der Waals surface area contributed by atoms with Crippen LogP contribution in [0.15, 0.2) is 11.7 Å². The Kier molecular flexibility index (Phi) is 2.37. The predicted octanol–water partition coefficient (Wildman–Crippen LogP) is 0.952. The lowest BCUT2D eigenvalue weighted by Crippen LogP contribution is -2.41. The first kappa shape index (κ1) is 11.0. The molecule has 0 amide bonds. The molecule has 4 nitrogen and oxygen atoms in total. The van der Waals surface area contributed by atoms with Gasteiger partial charge in [-0.25, -0.2) is 5.01 Å². The van der Waals surface area contributed by atoms with E-state index >= 15 is 0 Å². The quantitative estimate of drug-likeness (QED) is 0.653. The summed E-state index contributed by atoms with van der Waals surface area (Å²) in [6.07, 6.45) is 2.10. The highest BCUT2D eigenvalue weighted by Crippen LogP contribution is 2.38. The van der Waals surface area contributed by atoms with Crippen molar-refractivity contribution in [3.63, 3.8) is 0 Å². The monoisotopic (exact) mass is 210 g/mol. The van der Waals surface area contributed by atoms with Gasteiger partial charge in [-0.2, -0.15) is 0 Å². The van der Waals surface area contributed by atoms with E-state index in [1.807, 2.05) is 12.1 Å². The van der Waals surface area contributed by atoms with Crippen LogP contribution in [0.2, 0.25) is 0 Å². The molecule has 0 aliphatic carbocycles. The van der Waals surface area contributed by atoms with Gasteiger partial charge in [0.15, 0.2) is 0 Å². The Labute approximate surface area is 91.7 Å². The third-order valence-electron chi connectivity index (χ3n) is 3.41. The van der Waals surface area contributed by atoms with E-state index in [4.69, 9.17) is 9.31 Å². The van der Waals surface area contributed by atoms with Crippen LogP contribution in [-0.4, -0.2) is 36.9 Å². The molecule has 2 aliphatic heterocycles. The van der Waals surface area contributed by atoms with E-state index < -0.39 is 0 Å². The summed E-state index contributed by atoms with van der Waals surface area (Å²) >= 11 is 0. The highest BCUT2D eigenvalue weighted by molar-refractivity contribution is 6.54. The fourth-order valence-electron chi connectivity index (χ4n) is 1.67. The molecule has 0 atom stereocenters. The molecule has 1 saturated heterocycles. The highest BCUT2D eigenvalue weighted by Gasteiger charge is 2.53. The lowest BCUT2D eigenvalue weighted by molar-refractivity contribution is 0.00578. The fraction of sp³-hybridized carbons (Fsp3) is 0.800. The number of likely N-dealkylation sites (N-methyl/N-ethyl adjacent to an activating group) is 1. The van der Waals surface area contributed by atoms with E-state index in [1.54, 1.807) is 0 Å². The number of hydrazine groups is 1. The molecule has 1 N–H and O–H groups in total. The predicted molar refractivity (Wildman–Crippen MR) is 59.9 cm³/mol. The van der Waals surface area contributed by atoms with Gasteiger partial charge in [-0.05, 0) is 27.7 Å². The van der Waals surface area contributed by atoms with Gasteiger partial charge >= 0.3 is 7.12 Å². The van der Waals surface area contributed by atoms with Crippen LogP contribution in [0.25, 0.3) is 0 Å². The normalized spacial score (nSPS) is 29.1. The molecule has 15 heavy (non-hydrogen) atoms. The van der Waals surface area contributed by atoms with Crippen molar-refractivity contribution in [3.8, 4) is 0 Å². The molecule has 0 radical (unpaired) electrons. The molecule has 1 fully saturated rings. The Morgan fingerprint density at radius 1 is 1.27 bits per heavy atom. The Morgan fingerprint density at radius 3 is 2.20 bits per heavy atom. The first-order valence-electron chi connectivity index (χ1n) is 5.35. The molecule has 2 rings (SSSR count). The molecule has 0 aromatic heterocycles. The minimum Gasteiger partial charge on any atom is -0.398 e. The SMILES string of the molecule is CN1CC=C(B2OC(C)(C)C(C)(C)O2)N1. The van der Waals surface area contributed by atoms with E-state index in [0.717, 1.165) is 12.1 Å².